The van der Waals surface area contributed by atoms with Gasteiger partial charge in [0.2, 0.25) is 5.91 Å². The summed E-state index contributed by atoms with van der Waals surface area (Å²) in [6.45, 7) is 0.382. The Kier molecular flexibility index (Phi) is 7.78. The maximum absolute atomic E-state index is 12.2. The standard InChI is InChI=1S/C13H20N2O3S.ClH/c1-15(8-9-19(2,17)18)13(16)12(10-14)11-6-4-3-5-7-11;/h3-7,12H,8-10,14H2,1-2H3;1H. The number of rotatable bonds is 6. The lowest BCUT2D eigenvalue weighted by Crippen LogP contribution is -2.37. The molecular formula is C13H21ClN2O3S. The molecule has 114 valence electrons. The molecule has 0 radical (unpaired) electrons. The molecule has 1 aromatic rings. The number of carbonyl (C=O) groups excluding carboxylic acids is 1. The third kappa shape index (κ3) is 5.90. The van der Waals surface area contributed by atoms with Crippen LogP contribution in [0.2, 0.25) is 0 Å². The molecule has 0 saturated heterocycles. The quantitative estimate of drug-likeness (QED) is 0.834. The lowest BCUT2D eigenvalue weighted by Gasteiger charge is -2.23. The molecule has 0 saturated carbocycles. The van der Waals surface area contributed by atoms with Gasteiger partial charge in [-0.1, -0.05) is 30.3 Å². The summed E-state index contributed by atoms with van der Waals surface area (Å²) >= 11 is 0. The van der Waals surface area contributed by atoms with Crippen molar-refractivity contribution < 1.29 is 13.2 Å². The Morgan fingerprint density at radius 2 is 1.85 bits per heavy atom. The molecule has 0 heterocycles. The van der Waals surface area contributed by atoms with E-state index in [1.807, 2.05) is 30.3 Å². The van der Waals surface area contributed by atoms with Gasteiger partial charge in [0.15, 0.2) is 0 Å². The number of hydrogen-bond acceptors (Lipinski definition) is 4. The van der Waals surface area contributed by atoms with Gasteiger partial charge in [-0.15, -0.1) is 12.4 Å². The Labute approximate surface area is 126 Å². The Morgan fingerprint density at radius 3 is 2.30 bits per heavy atom. The first-order chi connectivity index (χ1) is 8.85. The lowest BCUT2D eigenvalue weighted by molar-refractivity contribution is -0.131. The Bertz CT molecular complexity index is 520. The van der Waals surface area contributed by atoms with Gasteiger partial charge in [-0.25, -0.2) is 8.42 Å². The summed E-state index contributed by atoms with van der Waals surface area (Å²) in [7, 11) is -1.48. The van der Waals surface area contributed by atoms with E-state index in [0.717, 1.165) is 11.8 Å². The molecule has 1 aromatic carbocycles. The molecule has 1 atom stereocenters. The number of halogens is 1. The topological polar surface area (TPSA) is 80.5 Å². The van der Waals surface area contributed by atoms with Crippen LogP contribution in [0.4, 0.5) is 0 Å². The van der Waals surface area contributed by atoms with E-state index in [0.29, 0.717) is 0 Å². The molecule has 0 aliphatic carbocycles. The van der Waals surface area contributed by atoms with E-state index < -0.39 is 15.8 Å². The van der Waals surface area contributed by atoms with Gasteiger partial charge in [0.1, 0.15) is 9.84 Å². The van der Waals surface area contributed by atoms with Gasteiger partial charge in [0.25, 0.3) is 0 Å². The van der Waals surface area contributed by atoms with Gasteiger partial charge in [0.05, 0.1) is 11.7 Å². The zero-order chi connectivity index (χ0) is 14.5. The molecule has 0 aliphatic rings. The van der Waals surface area contributed by atoms with Crippen molar-refractivity contribution in [3.8, 4) is 0 Å². The first kappa shape index (κ1) is 18.9. The zero-order valence-corrected chi connectivity index (χ0v) is 13.3. The van der Waals surface area contributed by atoms with Crippen LogP contribution in [-0.2, 0) is 14.6 Å². The molecule has 1 unspecified atom stereocenters. The molecule has 0 fully saturated rings. The van der Waals surface area contributed by atoms with Gasteiger partial charge in [-0.3, -0.25) is 4.79 Å². The average molecular weight is 321 g/mol. The molecule has 2 N–H and O–H groups in total. The van der Waals surface area contributed by atoms with Gasteiger partial charge < -0.3 is 10.6 Å². The summed E-state index contributed by atoms with van der Waals surface area (Å²) < 4.78 is 22.2. The van der Waals surface area contributed by atoms with E-state index in [1.165, 1.54) is 4.90 Å². The molecule has 0 aliphatic heterocycles. The number of hydrogen-bond donors (Lipinski definition) is 1. The van der Waals surface area contributed by atoms with Gasteiger partial charge >= 0.3 is 0 Å². The Hall–Kier alpha value is -1.11. The number of likely N-dealkylation sites (N-methyl/N-ethyl adjacent to an activating group) is 1. The molecule has 20 heavy (non-hydrogen) atoms. The van der Waals surface area contributed by atoms with E-state index in [9.17, 15) is 13.2 Å². The second-order valence-corrected chi connectivity index (χ2v) is 6.85. The number of sulfone groups is 1. The molecule has 7 heteroatoms. The van der Waals surface area contributed by atoms with Crippen LogP contribution >= 0.6 is 12.4 Å². The van der Waals surface area contributed by atoms with Crippen LogP contribution in [0.3, 0.4) is 0 Å². The summed E-state index contributed by atoms with van der Waals surface area (Å²) in [6.07, 6.45) is 1.16. The number of carbonyl (C=O) groups is 1. The normalized spacial score (nSPS) is 12.3. The monoisotopic (exact) mass is 320 g/mol. The smallest absolute Gasteiger partial charge is 0.231 e. The van der Waals surface area contributed by atoms with Crippen molar-refractivity contribution in [1.29, 1.82) is 0 Å². The maximum Gasteiger partial charge on any atom is 0.231 e. The highest BCUT2D eigenvalue weighted by atomic mass is 35.5. The summed E-state index contributed by atoms with van der Waals surface area (Å²) in [4.78, 5) is 13.7. The fourth-order valence-electron chi connectivity index (χ4n) is 1.74. The van der Waals surface area contributed by atoms with E-state index in [4.69, 9.17) is 5.73 Å². The largest absolute Gasteiger partial charge is 0.344 e. The van der Waals surface area contributed by atoms with Crippen molar-refractivity contribution in [2.24, 2.45) is 5.73 Å². The van der Waals surface area contributed by atoms with Crippen molar-refractivity contribution >= 4 is 28.2 Å². The molecule has 0 aromatic heterocycles. The van der Waals surface area contributed by atoms with Crippen molar-refractivity contribution in [1.82, 2.24) is 4.90 Å². The van der Waals surface area contributed by atoms with Crippen LogP contribution in [0.25, 0.3) is 0 Å². The van der Waals surface area contributed by atoms with E-state index >= 15 is 0 Å². The molecular weight excluding hydrogens is 300 g/mol. The van der Waals surface area contributed by atoms with E-state index in [-0.39, 0.29) is 37.2 Å². The van der Waals surface area contributed by atoms with Crippen LogP contribution in [0.15, 0.2) is 30.3 Å². The highest BCUT2D eigenvalue weighted by molar-refractivity contribution is 7.90. The summed E-state index contributed by atoms with van der Waals surface area (Å²) in [6, 6.07) is 9.26. The Morgan fingerprint density at radius 1 is 1.30 bits per heavy atom. The summed E-state index contributed by atoms with van der Waals surface area (Å²) in [5.41, 5.74) is 6.51. The number of nitrogens with zero attached hydrogens (tertiary/aromatic N) is 1. The van der Waals surface area contributed by atoms with Crippen LogP contribution in [0, 0.1) is 0 Å². The summed E-state index contributed by atoms with van der Waals surface area (Å²) in [5, 5.41) is 0. The van der Waals surface area contributed by atoms with E-state index in [1.54, 1.807) is 7.05 Å². The van der Waals surface area contributed by atoms with E-state index in [2.05, 4.69) is 0 Å². The number of amides is 1. The third-order valence-electron chi connectivity index (χ3n) is 2.91. The maximum atomic E-state index is 12.2. The highest BCUT2D eigenvalue weighted by Gasteiger charge is 2.22. The van der Waals surface area contributed by atoms with Gasteiger partial charge in [-0.2, -0.15) is 0 Å². The first-order valence-electron chi connectivity index (χ1n) is 6.03. The minimum absolute atomic E-state index is 0. The van der Waals surface area contributed by atoms with Crippen molar-refractivity contribution in [3.05, 3.63) is 35.9 Å². The number of benzene rings is 1. The minimum Gasteiger partial charge on any atom is -0.344 e. The lowest BCUT2D eigenvalue weighted by atomic mass is 9.98. The molecule has 5 nitrogen and oxygen atoms in total. The molecule has 0 spiro atoms. The highest BCUT2D eigenvalue weighted by Crippen LogP contribution is 2.16. The molecule has 0 bridgehead atoms. The molecule has 1 amide bonds. The van der Waals surface area contributed by atoms with Crippen LogP contribution in [0.5, 0.6) is 0 Å². The SMILES string of the molecule is CN(CCS(C)(=O)=O)C(=O)C(CN)c1ccccc1.Cl. The summed E-state index contributed by atoms with van der Waals surface area (Å²) in [5.74, 6) is -0.621. The fraction of sp³-hybridized carbons (Fsp3) is 0.462. The second kappa shape index (κ2) is 8.24. The van der Waals surface area contributed by atoms with Crippen LogP contribution < -0.4 is 5.73 Å². The van der Waals surface area contributed by atoms with Crippen molar-refractivity contribution in [3.63, 3.8) is 0 Å². The molecule has 1 rings (SSSR count). The average Bonchev–Trinajstić information content (AvgIpc) is 2.37. The predicted molar refractivity (Wildman–Crippen MR) is 82.8 cm³/mol. The first-order valence-corrected chi connectivity index (χ1v) is 8.09. The minimum atomic E-state index is -3.07. The van der Waals surface area contributed by atoms with Crippen molar-refractivity contribution in [2.45, 2.75) is 5.92 Å². The van der Waals surface area contributed by atoms with Crippen molar-refractivity contribution in [2.75, 3.05) is 32.1 Å². The fourth-order valence-corrected chi connectivity index (χ4v) is 2.35. The van der Waals surface area contributed by atoms with Gasteiger partial charge in [0, 0.05) is 26.4 Å². The van der Waals surface area contributed by atoms with Crippen LogP contribution in [-0.4, -0.2) is 51.4 Å². The number of nitrogens with two attached hydrogens (primary N) is 1. The Balaban J connectivity index is 0.00000361. The third-order valence-corrected chi connectivity index (χ3v) is 3.83. The van der Waals surface area contributed by atoms with Crippen LogP contribution in [0.1, 0.15) is 11.5 Å². The second-order valence-electron chi connectivity index (χ2n) is 4.59. The predicted octanol–water partition coefficient (Wildman–Crippen LogP) is 0.654. The zero-order valence-electron chi connectivity index (χ0n) is 11.7. The van der Waals surface area contributed by atoms with Gasteiger partial charge in [-0.05, 0) is 5.56 Å².